The molecule has 0 aliphatic heterocycles. The Bertz CT molecular complexity index is 783. The van der Waals surface area contributed by atoms with E-state index in [1.165, 1.54) is 16.7 Å². The highest BCUT2D eigenvalue weighted by molar-refractivity contribution is 5.71. The van der Waals surface area contributed by atoms with Crippen LogP contribution in [-0.2, 0) is 0 Å². The summed E-state index contributed by atoms with van der Waals surface area (Å²) in [5, 5.41) is 3.44. The largest absolute Gasteiger partial charge is 0.363 e. The Morgan fingerprint density at radius 2 is 1.81 bits per heavy atom. The fourth-order valence-electron chi connectivity index (χ4n) is 2.48. The van der Waals surface area contributed by atoms with E-state index in [9.17, 15) is 0 Å². The van der Waals surface area contributed by atoms with Gasteiger partial charge in [-0.3, -0.25) is 4.98 Å². The first-order valence-electron chi connectivity index (χ1n) is 7.05. The summed E-state index contributed by atoms with van der Waals surface area (Å²) in [6.45, 7) is 6.43. The molecule has 4 nitrogen and oxygen atoms in total. The molecule has 0 bridgehead atoms. The van der Waals surface area contributed by atoms with Gasteiger partial charge in [0.15, 0.2) is 5.65 Å². The number of rotatable bonds is 3. The minimum Gasteiger partial charge on any atom is -0.363 e. The molecule has 0 spiro atoms. The summed E-state index contributed by atoms with van der Waals surface area (Å²) in [6.07, 6.45) is 3.34. The normalized spacial score (nSPS) is 12.3. The van der Waals surface area contributed by atoms with E-state index in [-0.39, 0.29) is 6.04 Å². The molecule has 3 rings (SSSR count). The summed E-state index contributed by atoms with van der Waals surface area (Å²) in [4.78, 5) is 13.0. The van der Waals surface area contributed by atoms with Crippen LogP contribution in [0.4, 0.5) is 5.82 Å². The smallest absolute Gasteiger partial charge is 0.180 e. The lowest BCUT2D eigenvalue weighted by atomic mass is 9.98. The van der Waals surface area contributed by atoms with E-state index in [0.29, 0.717) is 5.65 Å². The summed E-state index contributed by atoms with van der Waals surface area (Å²) >= 11 is 0. The van der Waals surface area contributed by atoms with Gasteiger partial charge in [-0.25, -0.2) is 9.97 Å². The van der Waals surface area contributed by atoms with E-state index in [1.54, 1.807) is 12.4 Å². The molecule has 21 heavy (non-hydrogen) atoms. The number of nitrogens with one attached hydrogen (secondary N) is 1. The van der Waals surface area contributed by atoms with Crippen molar-refractivity contribution in [3.63, 3.8) is 0 Å². The molecular weight excluding hydrogens is 260 g/mol. The van der Waals surface area contributed by atoms with E-state index in [4.69, 9.17) is 0 Å². The monoisotopic (exact) mass is 278 g/mol. The maximum atomic E-state index is 4.51. The lowest BCUT2D eigenvalue weighted by molar-refractivity contribution is 0.863. The van der Waals surface area contributed by atoms with Crippen LogP contribution in [0, 0.1) is 13.8 Å². The molecule has 2 heterocycles. The van der Waals surface area contributed by atoms with Crippen LogP contribution in [0.15, 0.2) is 42.7 Å². The topological polar surface area (TPSA) is 50.7 Å². The van der Waals surface area contributed by atoms with E-state index < -0.39 is 0 Å². The highest BCUT2D eigenvalue weighted by Crippen LogP contribution is 2.23. The van der Waals surface area contributed by atoms with Crippen molar-refractivity contribution in [3.05, 3.63) is 59.4 Å². The molecule has 0 saturated heterocycles. The van der Waals surface area contributed by atoms with E-state index >= 15 is 0 Å². The standard InChI is InChI=1S/C17H18N4/c1-11-5-4-6-14(12(11)2)13(3)20-16-8-7-15-17(21-16)19-10-9-18-15/h4-10,13H,1-3H3,(H,19,20,21). The lowest BCUT2D eigenvalue weighted by Crippen LogP contribution is -2.10. The minimum atomic E-state index is 0.187. The number of aromatic nitrogens is 3. The van der Waals surface area contributed by atoms with E-state index in [2.05, 4.69) is 59.2 Å². The van der Waals surface area contributed by atoms with Crippen LogP contribution in [0.3, 0.4) is 0 Å². The van der Waals surface area contributed by atoms with Gasteiger partial charge in [-0.2, -0.15) is 0 Å². The fourth-order valence-corrected chi connectivity index (χ4v) is 2.48. The van der Waals surface area contributed by atoms with Gasteiger partial charge in [0.2, 0.25) is 0 Å². The number of nitrogens with zero attached hydrogens (tertiary/aromatic N) is 3. The SMILES string of the molecule is Cc1cccc(C(C)Nc2ccc3nccnc3n2)c1C. The molecule has 3 aromatic rings. The van der Waals surface area contributed by atoms with Gasteiger partial charge >= 0.3 is 0 Å². The second-order valence-electron chi connectivity index (χ2n) is 5.25. The zero-order valence-electron chi connectivity index (χ0n) is 12.5. The summed E-state index contributed by atoms with van der Waals surface area (Å²) in [6, 6.07) is 10.4. The molecule has 0 aliphatic rings. The first kappa shape index (κ1) is 13.5. The quantitative estimate of drug-likeness (QED) is 0.791. The molecule has 2 aromatic heterocycles. The Morgan fingerprint density at radius 1 is 1.00 bits per heavy atom. The number of benzene rings is 1. The minimum absolute atomic E-state index is 0.187. The van der Waals surface area contributed by atoms with Crippen LogP contribution in [0.2, 0.25) is 0 Å². The van der Waals surface area contributed by atoms with Gasteiger partial charge in [-0.05, 0) is 49.6 Å². The highest BCUT2D eigenvalue weighted by atomic mass is 15.0. The molecular formula is C17H18N4. The number of hydrogen-bond acceptors (Lipinski definition) is 4. The maximum absolute atomic E-state index is 4.51. The zero-order chi connectivity index (χ0) is 14.8. The van der Waals surface area contributed by atoms with E-state index in [1.807, 2.05) is 12.1 Å². The molecule has 0 aliphatic carbocycles. The predicted octanol–water partition coefficient (Wildman–Crippen LogP) is 3.81. The molecule has 106 valence electrons. The van der Waals surface area contributed by atoms with Crippen molar-refractivity contribution in [1.82, 2.24) is 15.0 Å². The third kappa shape index (κ3) is 2.70. The molecule has 0 saturated carbocycles. The molecule has 1 N–H and O–H groups in total. The van der Waals surface area contributed by atoms with Crippen molar-refractivity contribution in [2.45, 2.75) is 26.8 Å². The molecule has 0 radical (unpaired) electrons. The first-order valence-corrected chi connectivity index (χ1v) is 7.05. The van der Waals surface area contributed by atoms with Crippen molar-refractivity contribution >= 4 is 17.0 Å². The van der Waals surface area contributed by atoms with Gasteiger partial charge in [0.05, 0.1) is 6.04 Å². The summed E-state index contributed by atoms with van der Waals surface area (Å²) in [5.41, 5.74) is 5.38. The van der Waals surface area contributed by atoms with Crippen molar-refractivity contribution in [2.75, 3.05) is 5.32 Å². The van der Waals surface area contributed by atoms with Gasteiger partial charge in [0.25, 0.3) is 0 Å². The van der Waals surface area contributed by atoms with Gasteiger partial charge in [-0.1, -0.05) is 18.2 Å². The van der Waals surface area contributed by atoms with Crippen molar-refractivity contribution in [3.8, 4) is 0 Å². The summed E-state index contributed by atoms with van der Waals surface area (Å²) in [5.74, 6) is 0.816. The summed E-state index contributed by atoms with van der Waals surface area (Å²) in [7, 11) is 0. The predicted molar refractivity (Wildman–Crippen MR) is 85.3 cm³/mol. The fraction of sp³-hybridized carbons (Fsp3) is 0.235. The Morgan fingerprint density at radius 3 is 2.67 bits per heavy atom. The van der Waals surface area contributed by atoms with Crippen molar-refractivity contribution in [2.24, 2.45) is 0 Å². The molecule has 1 unspecified atom stereocenters. The average Bonchev–Trinajstić information content (AvgIpc) is 2.50. The van der Waals surface area contributed by atoms with Gasteiger partial charge < -0.3 is 5.32 Å². The number of fused-ring (bicyclic) bond motifs is 1. The second-order valence-corrected chi connectivity index (χ2v) is 5.25. The Balaban J connectivity index is 1.89. The van der Waals surface area contributed by atoms with Gasteiger partial charge in [-0.15, -0.1) is 0 Å². The van der Waals surface area contributed by atoms with Gasteiger partial charge in [0, 0.05) is 12.4 Å². The second kappa shape index (κ2) is 5.48. The molecule has 4 heteroatoms. The Hall–Kier alpha value is -2.49. The van der Waals surface area contributed by atoms with E-state index in [0.717, 1.165) is 11.3 Å². The van der Waals surface area contributed by atoms with Crippen LogP contribution in [-0.4, -0.2) is 15.0 Å². The average molecular weight is 278 g/mol. The Kier molecular flexibility index (Phi) is 3.52. The lowest BCUT2D eigenvalue weighted by Gasteiger charge is -2.18. The molecule has 1 atom stereocenters. The third-order valence-corrected chi connectivity index (χ3v) is 3.81. The molecule has 0 amide bonds. The van der Waals surface area contributed by atoms with Crippen LogP contribution in [0.25, 0.3) is 11.2 Å². The zero-order valence-corrected chi connectivity index (χ0v) is 12.5. The number of pyridine rings is 1. The van der Waals surface area contributed by atoms with Crippen LogP contribution >= 0.6 is 0 Å². The van der Waals surface area contributed by atoms with Crippen LogP contribution in [0.1, 0.15) is 29.7 Å². The van der Waals surface area contributed by atoms with Crippen LogP contribution < -0.4 is 5.32 Å². The number of anilines is 1. The third-order valence-electron chi connectivity index (χ3n) is 3.81. The van der Waals surface area contributed by atoms with Crippen molar-refractivity contribution < 1.29 is 0 Å². The van der Waals surface area contributed by atoms with Crippen LogP contribution in [0.5, 0.6) is 0 Å². The molecule has 1 aromatic carbocycles. The maximum Gasteiger partial charge on any atom is 0.180 e. The molecule has 0 fully saturated rings. The summed E-state index contributed by atoms with van der Waals surface area (Å²) < 4.78 is 0. The first-order chi connectivity index (χ1) is 10.1. The van der Waals surface area contributed by atoms with Crippen molar-refractivity contribution in [1.29, 1.82) is 0 Å². The number of aryl methyl sites for hydroxylation is 1. The Labute approximate surface area is 124 Å². The van der Waals surface area contributed by atoms with Gasteiger partial charge in [0.1, 0.15) is 11.3 Å². The number of hydrogen-bond donors (Lipinski definition) is 1. The highest BCUT2D eigenvalue weighted by Gasteiger charge is 2.10.